The van der Waals surface area contributed by atoms with Crippen LogP contribution in [0.3, 0.4) is 0 Å². The molecule has 0 radical (unpaired) electrons. The van der Waals surface area contributed by atoms with Crippen molar-refractivity contribution < 1.29 is 0 Å². The maximum Gasteiger partial charge on any atom is 0.124 e. The highest BCUT2D eigenvalue weighted by atomic mass is 16.3. The fourth-order valence-electron chi connectivity index (χ4n) is 1.12. The van der Waals surface area contributed by atoms with Crippen LogP contribution in [0.1, 0.15) is 25.8 Å². The van der Waals surface area contributed by atoms with Crippen LogP contribution in [0, 0.1) is 4.91 Å². The van der Waals surface area contributed by atoms with Crippen molar-refractivity contribution in [3.8, 4) is 0 Å². The van der Waals surface area contributed by atoms with Crippen molar-refractivity contribution in [3.05, 3.63) is 40.8 Å². The van der Waals surface area contributed by atoms with Gasteiger partial charge in [0.25, 0.3) is 0 Å². The molecule has 2 nitrogen and oxygen atoms in total. The van der Waals surface area contributed by atoms with Crippen LogP contribution in [0.2, 0.25) is 0 Å². The first kappa shape index (κ1) is 8.91. The SMILES string of the molecule is CCC(C)(N=O)c1ccccc1. The quantitative estimate of drug-likeness (QED) is 0.629. The molecule has 0 fully saturated rings. The van der Waals surface area contributed by atoms with Crippen molar-refractivity contribution in [1.29, 1.82) is 0 Å². The molecule has 1 unspecified atom stereocenters. The van der Waals surface area contributed by atoms with Crippen LogP contribution in [-0.2, 0) is 5.54 Å². The highest BCUT2D eigenvalue weighted by Crippen LogP contribution is 2.27. The fraction of sp³-hybridized carbons (Fsp3) is 0.400. The summed E-state index contributed by atoms with van der Waals surface area (Å²) in [6, 6.07) is 9.66. The monoisotopic (exact) mass is 163 g/mol. The van der Waals surface area contributed by atoms with Gasteiger partial charge in [0.05, 0.1) is 0 Å². The van der Waals surface area contributed by atoms with Crippen molar-refractivity contribution in [2.45, 2.75) is 25.8 Å². The average Bonchev–Trinajstić information content (AvgIpc) is 2.18. The van der Waals surface area contributed by atoms with Crippen molar-refractivity contribution in [2.75, 3.05) is 0 Å². The normalized spacial score (nSPS) is 15.2. The predicted octanol–water partition coefficient (Wildman–Crippen LogP) is 3.08. The van der Waals surface area contributed by atoms with E-state index >= 15 is 0 Å². The summed E-state index contributed by atoms with van der Waals surface area (Å²) in [5, 5.41) is 3.16. The Morgan fingerprint density at radius 2 is 1.92 bits per heavy atom. The van der Waals surface area contributed by atoms with E-state index in [0.29, 0.717) is 0 Å². The van der Waals surface area contributed by atoms with Crippen molar-refractivity contribution >= 4 is 0 Å². The fourth-order valence-corrected chi connectivity index (χ4v) is 1.12. The molecule has 1 atom stereocenters. The molecule has 0 heterocycles. The van der Waals surface area contributed by atoms with Crippen molar-refractivity contribution in [1.82, 2.24) is 0 Å². The van der Waals surface area contributed by atoms with Gasteiger partial charge in [0.1, 0.15) is 5.54 Å². The molecule has 0 spiro atoms. The maximum atomic E-state index is 10.6. The molecule has 0 amide bonds. The van der Waals surface area contributed by atoms with Gasteiger partial charge in [-0.25, -0.2) is 0 Å². The van der Waals surface area contributed by atoms with E-state index < -0.39 is 5.54 Å². The third-order valence-corrected chi connectivity index (χ3v) is 2.29. The first-order valence-corrected chi connectivity index (χ1v) is 4.13. The average molecular weight is 163 g/mol. The minimum Gasteiger partial charge on any atom is -0.150 e. The molecule has 0 aliphatic carbocycles. The number of benzene rings is 1. The molecule has 0 aliphatic rings. The molecule has 0 saturated carbocycles. The van der Waals surface area contributed by atoms with E-state index in [-0.39, 0.29) is 0 Å². The topological polar surface area (TPSA) is 29.4 Å². The zero-order valence-electron chi connectivity index (χ0n) is 7.45. The second kappa shape index (κ2) is 3.48. The van der Waals surface area contributed by atoms with E-state index in [2.05, 4.69) is 5.18 Å². The Kier molecular flexibility index (Phi) is 2.58. The van der Waals surface area contributed by atoms with Gasteiger partial charge in [-0.2, -0.15) is 0 Å². The van der Waals surface area contributed by atoms with Gasteiger partial charge in [-0.15, -0.1) is 4.91 Å². The highest BCUT2D eigenvalue weighted by molar-refractivity contribution is 5.23. The van der Waals surface area contributed by atoms with E-state index in [0.717, 1.165) is 12.0 Å². The van der Waals surface area contributed by atoms with Gasteiger partial charge in [0.2, 0.25) is 0 Å². The summed E-state index contributed by atoms with van der Waals surface area (Å²) >= 11 is 0. The van der Waals surface area contributed by atoms with Crippen molar-refractivity contribution in [2.24, 2.45) is 5.18 Å². The Labute approximate surface area is 72.6 Å². The maximum absolute atomic E-state index is 10.6. The van der Waals surface area contributed by atoms with E-state index in [4.69, 9.17) is 0 Å². The molecule has 0 aliphatic heterocycles. The van der Waals surface area contributed by atoms with Crippen molar-refractivity contribution in [3.63, 3.8) is 0 Å². The van der Waals surface area contributed by atoms with Gasteiger partial charge in [-0.05, 0) is 18.9 Å². The third kappa shape index (κ3) is 1.52. The second-order valence-electron chi connectivity index (χ2n) is 3.08. The molecule has 0 bridgehead atoms. The first-order chi connectivity index (χ1) is 5.73. The molecule has 12 heavy (non-hydrogen) atoms. The van der Waals surface area contributed by atoms with Gasteiger partial charge in [-0.3, -0.25) is 0 Å². The lowest BCUT2D eigenvalue weighted by Crippen LogP contribution is -2.16. The zero-order chi connectivity index (χ0) is 9.03. The molecule has 0 N–H and O–H groups in total. The largest absolute Gasteiger partial charge is 0.150 e. The molecular weight excluding hydrogens is 150 g/mol. The van der Waals surface area contributed by atoms with Gasteiger partial charge in [0.15, 0.2) is 0 Å². The lowest BCUT2D eigenvalue weighted by Gasteiger charge is -2.19. The molecule has 0 aromatic heterocycles. The number of hydrogen-bond acceptors (Lipinski definition) is 2. The molecular formula is C10H13NO. The van der Waals surface area contributed by atoms with Crippen LogP contribution in [0.5, 0.6) is 0 Å². The number of rotatable bonds is 3. The Morgan fingerprint density at radius 3 is 2.33 bits per heavy atom. The molecule has 2 heteroatoms. The molecule has 0 saturated heterocycles. The first-order valence-electron chi connectivity index (χ1n) is 4.13. The lowest BCUT2D eigenvalue weighted by atomic mass is 9.91. The smallest absolute Gasteiger partial charge is 0.124 e. The molecule has 1 rings (SSSR count). The summed E-state index contributed by atoms with van der Waals surface area (Å²) < 4.78 is 0. The molecule has 64 valence electrons. The predicted molar refractivity (Wildman–Crippen MR) is 49.9 cm³/mol. The third-order valence-electron chi connectivity index (χ3n) is 2.29. The summed E-state index contributed by atoms with van der Waals surface area (Å²) in [7, 11) is 0. The molecule has 1 aromatic rings. The Morgan fingerprint density at radius 1 is 1.33 bits per heavy atom. The van der Waals surface area contributed by atoms with Crippen LogP contribution < -0.4 is 0 Å². The van der Waals surface area contributed by atoms with Crippen LogP contribution >= 0.6 is 0 Å². The molecule has 1 aromatic carbocycles. The minimum absolute atomic E-state index is 0.554. The number of nitroso groups, excluding NO2 is 1. The minimum atomic E-state index is -0.554. The van der Waals surface area contributed by atoms with Gasteiger partial charge < -0.3 is 0 Å². The van der Waals surface area contributed by atoms with Crippen LogP contribution in [0.15, 0.2) is 35.5 Å². The van der Waals surface area contributed by atoms with E-state index in [9.17, 15) is 4.91 Å². The summed E-state index contributed by atoms with van der Waals surface area (Å²) in [6.45, 7) is 3.82. The number of hydrogen-bond donors (Lipinski definition) is 0. The lowest BCUT2D eigenvalue weighted by molar-refractivity contribution is 0.475. The Bertz CT molecular complexity index is 258. The standard InChI is InChI=1S/C10H13NO/c1-3-10(2,11-12)9-7-5-4-6-8-9/h4-8H,3H2,1-2H3. The number of nitrogens with zero attached hydrogens (tertiary/aromatic N) is 1. The highest BCUT2D eigenvalue weighted by Gasteiger charge is 2.24. The Hall–Kier alpha value is -1.18. The second-order valence-corrected chi connectivity index (χ2v) is 3.08. The van der Waals surface area contributed by atoms with Gasteiger partial charge in [-0.1, -0.05) is 42.4 Å². The van der Waals surface area contributed by atoms with Crippen LogP contribution in [0.4, 0.5) is 0 Å². The van der Waals surface area contributed by atoms with Gasteiger partial charge >= 0.3 is 0 Å². The Balaban J connectivity index is 3.03. The summed E-state index contributed by atoms with van der Waals surface area (Å²) in [4.78, 5) is 10.6. The summed E-state index contributed by atoms with van der Waals surface area (Å²) in [5.41, 5.74) is 0.434. The van der Waals surface area contributed by atoms with E-state index in [1.165, 1.54) is 0 Å². The summed E-state index contributed by atoms with van der Waals surface area (Å²) in [5.74, 6) is 0. The van der Waals surface area contributed by atoms with E-state index in [1.807, 2.05) is 44.2 Å². The summed E-state index contributed by atoms with van der Waals surface area (Å²) in [6.07, 6.45) is 0.737. The van der Waals surface area contributed by atoms with Gasteiger partial charge in [0, 0.05) is 0 Å². The van der Waals surface area contributed by atoms with E-state index in [1.54, 1.807) is 0 Å². The van der Waals surface area contributed by atoms with Crippen LogP contribution in [-0.4, -0.2) is 0 Å². The van der Waals surface area contributed by atoms with Crippen LogP contribution in [0.25, 0.3) is 0 Å². The zero-order valence-corrected chi connectivity index (χ0v) is 7.45.